The second kappa shape index (κ2) is 5.22. The van der Waals surface area contributed by atoms with E-state index in [4.69, 9.17) is 0 Å². The van der Waals surface area contributed by atoms with Crippen LogP contribution in [0.4, 0.5) is 0 Å². The quantitative estimate of drug-likeness (QED) is 0.777. The van der Waals surface area contributed by atoms with Crippen molar-refractivity contribution < 1.29 is 0 Å². The number of rotatable bonds is 6. The van der Waals surface area contributed by atoms with Crippen molar-refractivity contribution in [2.75, 3.05) is 6.54 Å². The van der Waals surface area contributed by atoms with Crippen LogP contribution in [0.25, 0.3) is 0 Å². The number of hydrogen-bond donors (Lipinski definition) is 1. The summed E-state index contributed by atoms with van der Waals surface area (Å²) in [5.41, 5.74) is 3.46. The minimum absolute atomic E-state index is 0.526. The van der Waals surface area contributed by atoms with E-state index in [1.54, 1.807) is 0 Å². The topological polar surface area (TPSA) is 12.0 Å². The second-order valence-corrected chi connectivity index (χ2v) is 5.75. The Morgan fingerprint density at radius 3 is 2.29 bits per heavy atom. The molecule has 0 aliphatic heterocycles. The lowest BCUT2D eigenvalue weighted by Gasteiger charge is -2.20. The van der Waals surface area contributed by atoms with Gasteiger partial charge in [0.25, 0.3) is 0 Å². The molecule has 1 heteroatoms. The molecule has 17 heavy (non-hydrogen) atoms. The van der Waals surface area contributed by atoms with Gasteiger partial charge in [-0.1, -0.05) is 45.0 Å². The largest absolute Gasteiger partial charge is 0.309 e. The lowest BCUT2D eigenvalue weighted by molar-refractivity contribution is 0.433. The molecule has 0 heterocycles. The molecular formula is C16H25N. The first-order valence-corrected chi connectivity index (χ1v) is 6.99. The van der Waals surface area contributed by atoms with Crippen LogP contribution in [-0.4, -0.2) is 6.54 Å². The van der Waals surface area contributed by atoms with E-state index in [2.05, 4.69) is 50.4 Å². The summed E-state index contributed by atoms with van der Waals surface area (Å²) in [6, 6.07) is 9.62. The molecule has 0 bridgehead atoms. The van der Waals surface area contributed by atoms with E-state index in [9.17, 15) is 0 Å². The SMILES string of the molecule is CCc1ccc(C(CC)NCC2(C)CC2)cc1. The number of nitrogens with one attached hydrogen (secondary N) is 1. The van der Waals surface area contributed by atoms with Crippen LogP contribution in [0.5, 0.6) is 0 Å². The third-order valence-electron chi connectivity index (χ3n) is 4.08. The summed E-state index contributed by atoms with van der Waals surface area (Å²) in [6.07, 6.45) is 5.08. The molecule has 1 aliphatic rings. The maximum absolute atomic E-state index is 3.73. The van der Waals surface area contributed by atoms with Crippen molar-refractivity contribution in [1.82, 2.24) is 5.32 Å². The maximum Gasteiger partial charge on any atom is 0.0317 e. The van der Waals surface area contributed by atoms with Crippen molar-refractivity contribution in [3.05, 3.63) is 35.4 Å². The van der Waals surface area contributed by atoms with Crippen molar-refractivity contribution in [2.45, 2.75) is 52.5 Å². The average molecular weight is 231 g/mol. The summed E-state index contributed by atoms with van der Waals surface area (Å²) in [6.45, 7) is 8.02. The number of aryl methyl sites for hydroxylation is 1. The van der Waals surface area contributed by atoms with Gasteiger partial charge in [0.2, 0.25) is 0 Å². The minimum Gasteiger partial charge on any atom is -0.309 e. The molecule has 1 nitrogen and oxygen atoms in total. The van der Waals surface area contributed by atoms with Crippen molar-refractivity contribution in [1.29, 1.82) is 0 Å². The smallest absolute Gasteiger partial charge is 0.0317 e. The third-order valence-corrected chi connectivity index (χ3v) is 4.08. The molecule has 1 N–H and O–H groups in total. The third kappa shape index (κ3) is 3.32. The summed E-state index contributed by atoms with van der Waals surface area (Å²) in [5.74, 6) is 0. The molecule has 1 aromatic carbocycles. The Morgan fingerprint density at radius 2 is 1.82 bits per heavy atom. The Morgan fingerprint density at radius 1 is 1.18 bits per heavy atom. The average Bonchev–Trinajstić information content (AvgIpc) is 3.09. The highest BCUT2D eigenvalue weighted by atomic mass is 14.9. The van der Waals surface area contributed by atoms with Gasteiger partial charge in [0, 0.05) is 12.6 Å². The molecule has 2 rings (SSSR count). The fourth-order valence-electron chi connectivity index (χ4n) is 2.24. The van der Waals surface area contributed by atoms with Crippen LogP contribution in [0, 0.1) is 5.41 Å². The van der Waals surface area contributed by atoms with Crippen LogP contribution in [0.15, 0.2) is 24.3 Å². The molecule has 0 spiro atoms. The first-order chi connectivity index (χ1) is 8.17. The fourth-order valence-corrected chi connectivity index (χ4v) is 2.24. The van der Waals surface area contributed by atoms with Crippen molar-refractivity contribution >= 4 is 0 Å². The van der Waals surface area contributed by atoms with E-state index < -0.39 is 0 Å². The molecule has 1 aliphatic carbocycles. The first kappa shape index (κ1) is 12.6. The summed E-state index contributed by atoms with van der Waals surface area (Å²) >= 11 is 0. The minimum atomic E-state index is 0.526. The Bertz CT molecular complexity index is 348. The van der Waals surface area contributed by atoms with Crippen LogP contribution < -0.4 is 5.32 Å². The summed E-state index contributed by atoms with van der Waals surface area (Å²) < 4.78 is 0. The van der Waals surface area contributed by atoms with E-state index in [1.807, 2.05) is 0 Å². The van der Waals surface area contributed by atoms with Gasteiger partial charge in [-0.05, 0) is 42.2 Å². The zero-order chi connectivity index (χ0) is 12.3. The Balaban J connectivity index is 1.95. The van der Waals surface area contributed by atoms with E-state index in [0.29, 0.717) is 11.5 Å². The standard InChI is InChI=1S/C16H25N/c1-4-13-6-8-14(9-7-13)15(5-2)17-12-16(3)10-11-16/h6-9,15,17H,4-5,10-12H2,1-3H3. The predicted molar refractivity (Wildman–Crippen MR) is 74.2 cm³/mol. The lowest BCUT2D eigenvalue weighted by atomic mass is 10.0. The molecule has 1 unspecified atom stereocenters. The highest BCUT2D eigenvalue weighted by molar-refractivity contribution is 5.25. The second-order valence-electron chi connectivity index (χ2n) is 5.75. The highest BCUT2D eigenvalue weighted by Crippen LogP contribution is 2.44. The van der Waals surface area contributed by atoms with Crippen molar-refractivity contribution in [3.8, 4) is 0 Å². The van der Waals surface area contributed by atoms with Gasteiger partial charge >= 0.3 is 0 Å². The van der Waals surface area contributed by atoms with Crippen LogP contribution in [0.2, 0.25) is 0 Å². The van der Waals surface area contributed by atoms with Gasteiger partial charge in [0.15, 0.2) is 0 Å². The van der Waals surface area contributed by atoms with Gasteiger partial charge < -0.3 is 5.32 Å². The summed E-state index contributed by atoms with van der Waals surface area (Å²) in [4.78, 5) is 0. The predicted octanol–water partition coefficient (Wildman–Crippen LogP) is 4.09. The van der Waals surface area contributed by atoms with Crippen LogP contribution in [0.1, 0.15) is 57.2 Å². The van der Waals surface area contributed by atoms with Gasteiger partial charge in [-0.15, -0.1) is 0 Å². The number of hydrogen-bond acceptors (Lipinski definition) is 1. The summed E-state index contributed by atoms with van der Waals surface area (Å²) in [7, 11) is 0. The molecule has 1 aromatic rings. The Labute approximate surface area is 106 Å². The molecule has 0 aromatic heterocycles. The van der Waals surface area contributed by atoms with Gasteiger partial charge in [-0.2, -0.15) is 0 Å². The number of benzene rings is 1. The molecule has 1 fully saturated rings. The summed E-state index contributed by atoms with van der Waals surface area (Å²) in [5, 5.41) is 3.73. The normalized spacial score (nSPS) is 19.0. The molecular weight excluding hydrogens is 206 g/mol. The molecule has 0 radical (unpaired) electrons. The van der Waals surface area contributed by atoms with Crippen LogP contribution in [0.3, 0.4) is 0 Å². The van der Waals surface area contributed by atoms with Crippen LogP contribution >= 0.6 is 0 Å². The van der Waals surface area contributed by atoms with E-state index in [1.165, 1.54) is 36.9 Å². The Kier molecular flexibility index (Phi) is 3.88. The van der Waals surface area contributed by atoms with Gasteiger partial charge in [0.1, 0.15) is 0 Å². The molecule has 0 amide bonds. The highest BCUT2D eigenvalue weighted by Gasteiger charge is 2.37. The molecule has 1 atom stereocenters. The van der Waals surface area contributed by atoms with E-state index >= 15 is 0 Å². The molecule has 94 valence electrons. The zero-order valence-electron chi connectivity index (χ0n) is 11.4. The molecule has 1 saturated carbocycles. The molecule has 0 saturated heterocycles. The van der Waals surface area contributed by atoms with Gasteiger partial charge in [-0.3, -0.25) is 0 Å². The van der Waals surface area contributed by atoms with E-state index in [0.717, 1.165) is 6.42 Å². The van der Waals surface area contributed by atoms with Crippen molar-refractivity contribution in [2.24, 2.45) is 5.41 Å². The van der Waals surface area contributed by atoms with Crippen molar-refractivity contribution in [3.63, 3.8) is 0 Å². The van der Waals surface area contributed by atoms with E-state index in [-0.39, 0.29) is 0 Å². The fraction of sp³-hybridized carbons (Fsp3) is 0.625. The maximum atomic E-state index is 3.73. The zero-order valence-corrected chi connectivity index (χ0v) is 11.4. The van der Waals surface area contributed by atoms with Gasteiger partial charge in [-0.25, -0.2) is 0 Å². The first-order valence-electron chi connectivity index (χ1n) is 6.99. The lowest BCUT2D eigenvalue weighted by Crippen LogP contribution is -2.26. The monoisotopic (exact) mass is 231 g/mol. The Hall–Kier alpha value is -0.820. The van der Waals surface area contributed by atoms with Gasteiger partial charge in [0.05, 0.1) is 0 Å². The van der Waals surface area contributed by atoms with Crippen LogP contribution in [-0.2, 0) is 6.42 Å².